The van der Waals surface area contributed by atoms with E-state index in [-0.39, 0.29) is 5.60 Å². The van der Waals surface area contributed by atoms with Crippen LogP contribution in [0, 0.1) is 5.82 Å². The first-order chi connectivity index (χ1) is 15.7. The van der Waals surface area contributed by atoms with Gasteiger partial charge >= 0.3 is 0 Å². The van der Waals surface area contributed by atoms with Crippen LogP contribution in [-0.2, 0) is 28.3 Å². The highest BCUT2D eigenvalue weighted by atomic mass is 19.1. The lowest BCUT2D eigenvalue weighted by Crippen LogP contribution is -2.42. The topological polar surface area (TPSA) is 72.7 Å². The van der Waals surface area contributed by atoms with E-state index < -0.39 is 5.82 Å². The Hall–Kier alpha value is -3.23. The molecule has 164 valence electrons. The Balaban J connectivity index is 1.25. The zero-order valence-electron chi connectivity index (χ0n) is 17.9. The lowest BCUT2D eigenvalue weighted by atomic mass is 9.85. The average molecular weight is 433 g/mol. The van der Waals surface area contributed by atoms with E-state index >= 15 is 0 Å². The molecule has 1 spiro atoms. The van der Waals surface area contributed by atoms with E-state index in [1.165, 1.54) is 24.3 Å². The van der Waals surface area contributed by atoms with Gasteiger partial charge in [0.25, 0.3) is 0 Å². The predicted octanol–water partition coefficient (Wildman–Crippen LogP) is 3.43. The summed E-state index contributed by atoms with van der Waals surface area (Å²) in [6.07, 6.45) is 8.61. The molecule has 0 N–H and O–H groups in total. The number of nitrogens with zero attached hydrogens (tertiary/aromatic N) is 5. The minimum absolute atomic E-state index is 0.189. The summed E-state index contributed by atoms with van der Waals surface area (Å²) in [7, 11) is 1.47. The molecule has 5 rings (SSSR count). The molecular weight excluding hydrogens is 409 g/mol. The number of fused-ring (bicyclic) bond motifs is 2. The minimum atomic E-state index is -0.398. The average Bonchev–Trinajstić information content (AvgIpc) is 3.19. The largest absolute Gasteiger partial charge is 0.399 e. The molecule has 3 aromatic heterocycles. The molecular formula is C24H24FN5O2. The van der Waals surface area contributed by atoms with E-state index in [0.717, 1.165) is 49.9 Å². The van der Waals surface area contributed by atoms with Crippen LogP contribution < -0.4 is 0 Å². The quantitative estimate of drug-likeness (QED) is 0.454. The van der Waals surface area contributed by atoms with Crippen LogP contribution >= 0.6 is 0 Å². The maximum absolute atomic E-state index is 13.2. The SMILES string of the molecule is CO/N=C(/c1ccc(CN2CCC3(CC2)OCc2ccncc23)nc1)c1ccc(F)cn1. The fourth-order valence-electron chi connectivity index (χ4n) is 4.48. The summed E-state index contributed by atoms with van der Waals surface area (Å²) in [6.45, 7) is 3.32. The third-order valence-corrected chi connectivity index (χ3v) is 6.21. The Morgan fingerprint density at radius 2 is 2.00 bits per heavy atom. The number of halogens is 1. The fourth-order valence-corrected chi connectivity index (χ4v) is 4.48. The number of rotatable bonds is 5. The van der Waals surface area contributed by atoms with Crippen molar-refractivity contribution in [3.63, 3.8) is 0 Å². The van der Waals surface area contributed by atoms with Gasteiger partial charge in [-0.05, 0) is 48.7 Å². The van der Waals surface area contributed by atoms with Crippen LogP contribution in [0.25, 0.3) is 0 Å². The highest BCUT2D eigenvalue weighted by Gasteiger charge is 2.42. The molecule has 3 aromatic rings. The van der Waals surface area contributed by atoms with Crippen molar-refractivity contribution in [3.8, 4) is 0 Å². The molecule has 2 aliphatic rings. The third-order valence-electron chi connectivity index (χ3n) is 6.21. The van der Waals surface area contributed by atoms with Crippen molar-refractivity contribution in [2.75, 3.05) is 20.2 Å². The Morgan fingerprint density at radius 3 is 2.72 bits per heavy atom. The fraction of sp³-hybridized carbons (Fsp3) is 0.333. The molecule has 1 fully saturated rings. The summed E-state index contributed by atoms with van der Waals surface area (Å²) in [5.41, 5.74) is 5.09. The second kappa shape index (κ2) is 8.72. The monoisotopic (exact) mass is 433 g/mol. The van der Waals surface area contributed by atoms with Gasteiger partial charge in [-0.25, -0.2) is 4.39 Å². The standard InChI is InChI=1S/C24H24FN5O2/c1-31-29-23(22-5-3-19(25)13-28-22)17-2-4-20(27-12-17)15-30-10-7-24(8-11-30)21-14-26-9-6-18(21)16-32-24/h2-6,9,12-14H,7-8,10-11,15-16H2,1H3/b29-23-. The van der Waals surface area contributed by atoms with E-state index in [0.29, 0.717) is 18.0 Å². The van der Waals surface area contributed by atoms with E-state index in [4.69, 9.17) is 9.57 Å². The molecule has 5 heterocycles. The molecule has 0 radical (unpaired) electrons. The van der Waals surface area contributed by atoms with Gasteiger partial charge < -0.3 is 9.57 Å². The summed E-state index contributed by atoms with van der Waals surface area (Å²) < 4.78 is 19.5. The van der Waals surface area contributed by atoms with Gasteiger partial charge in [0.2, 0.25) is 0 Å². The first-order valence-corrected chi connectivity index (χ1v) is 10.6. The van der Waals surface area contributed by atoms with Gasteiger partial charge in [0.15, 0.2) is 0 Å². The van der Waals surface area contributed by atoms with Crippen molar-refractivity contribution in [3.05, 3.63) is 89.0 Å². The van der Waals surface area contributed by atoms with Crippen LogP contribution in [0.1, 0.15) is 40.9 Å². The van der Waals surface area contributed by atoms with Crippen LogP contribution in [0.5, 0.6) is 0 Å². The number of pyridine rings is 3. The lowest BCUT2D eigenvalue weighted by Gasteiger charge is -2.39. The summed E-state index contributed by atoms with van der Waals surface area (Å²) >= 11 is 0. The zero-order valence-corrected chi connectivity index (χ0v) is 17.9. The van der Waals surface area contributed by atoms with Gasteiger partial charge in [-0.1, -0.05) is 5.16 Å². The van der Waals surface area contributed by atoms with Crippen molar-refractivity contribution >= 4 is 5.71 Å². The predicted molar refractivity (Wildman–Crippen MR) is 116 cm³/mol. The van der Waals surface area contributed by atoms with E-state index in [9.17, 15) is 4.39 Å². The number of hydrogen-bond donors (Lipinski definition) is 0. The van der Waals surface area contributed by atoms with Gasteiger partial charge in [-0.15, -0.1) is 0 Å². The Kier molecular flexibility index (Phi) is 5.63. The van der Waals surface area contributed by atoms with Gasteiger partial charge in [0.05, 0.1) is 29.8 Å². The van der Waals surface area contributed by atoms with Crippen LogP contribution in [0.15, 0.2) is 60.3 Å². The third kappa shape index (κ3) is 3.99. The van der Waals surface area contributed by atoms with Gasteiger partial charge in [0, 0.05) is 49.4 Å². The molecule has 0 bridgehead atoms. The van der Waals surface area contributed by atoms with Gasteiger partial charge in [0.1, 0.15) is 18.6 Å². The first-order valence-electron chi connectivity index (χ1n) is 10.6. The molecule has 0 amide bonds. The van der Waals surface area contributed by atoms with Crippen LogP contribution in [0.4, 0.5) is 4.39 Å². The van der Waals surface area contributed by atoms with Crippen molar-refractivity contribution < 1.29 is 14.0 Å². The maximum Gasteiger partial charge on any atom is 0.141 e. The highest BCUT2D eigenvalue weighted by molar-refractivity contribution is 6.11. The molecule has 0 aliphatic carbocycles. The highest BCUT2D eigenvalue weighted by Crippen LogP contribution is 2.43. The summed E-state index contributed by atoms with van der Waals surface area (Å²) in [5.74, 6) is -0.398. The zero-order chi connectivity index (χ0) is 22.0. The minimum Gasteiger partial charge on any atom is -0.399 e. The first kappa shape index (κ1) is 20.7. The number of hydrogen-bond acceptors (Lipinski definition) is 7. The second-order valence-electron chi connectivity index (χ2n) is 8.11. The lowest BCUT2D eigenvalue weighted by molar-refractivity contribution is -0.0801. The molecule has 8 heteroatoms. The van der Waals surface area contributed by atoms with E-state index in [2.05, 4.69) is 31.1 Å². The molecule has 32 heavy (non-hydrogen) atoms. The summed E-state index contributed by atoms with van der Waals surface area (Å²) in [4.78, 5) is 20.4. The molecule has 0 atom stereocenters. The van der Waals surface area contributed by atoms with Crippen molar-refractivity contribution in [2.45, 2.75) is 31.6 Å². The molecule has 0 aromatic carbocycles. The molecule has 0 saturated carbocycles. The molecule has 7 nitrogen and oxygen atoms in total. The van der Waals surface area contributed by atoms with Crippen molar-refractivity contribution in [1.29, 1.82) is 0 Å². The van der Waals surface area contributed by atoms with Crippen molar-refractivity contribution in [2.24, 2.45) is 5.16 Å². The van der Waals surface area contributed by atoms with Gasteiger partial charge in [-0.2, -0.15) is 0 Å². The van der Waals surface area contributed by atoms with Crippen LogP contribution in [0.2, 0.25) is 0 Å². The molecule has 1 saturated heterocycles. The Labute approximate surface area is 185 Å². The van der Waals surface area contributed by atoms with Gasteiger partial charge in [-0.3, -0.25) is 19.9 Å². The van der Waals surface area contributed by atoms with Crippen molar-refractivity contribution in [1.82, 2.24) is 19.9 Å². The maximum atomic E-state index is 13.2. The summed E-state index contributed by atoms with van der Waals surface area (Å²) in [5, 5.41) is 4.06. The summed E-state index contributed by atoms with van der Waals surface area (Å²) in [6, 6.07) is 8.91. The van der Waals surface area contributed by atoms with E-state index in [1.54, 1.807) is 12.3 Å². The number of aromatic nitrogens is 3. The number of likely N-dealkylation sites (tertiary alicyclic amines) is 1. The Morgan fingerprint density at radius 1 is 1.12 bits per heavy atom. The smallest absolute Gasteiger partial charge is 0.141 e. The number of oxime groups is 1. The second-order valence-corrected chi connectivity index (χ2v) is 8.11. The Bertz CT molecular complexity index is 1110. The molecule has 2 aliphatic heterocycles. The van der Waals surface area contributed by atoms with Crippen LogP contribution in [0.3, 0.4) is 0 Å². The number of ether oxygens (including phenoxy) is 1. The van der Waals surface area contributed by atoms with E-state index in [1.807, 2.05) is 24.5 Å². The molecule has 0 unspecified atom stereocenters. The number of piperidine rings is 1. The van der Waals surface area contributed by atoms with Crippen LogP contribution in [-0.4, -0.2) is 45.8 Å². The normalized spacial score (nSPS) is 18.0.